The predicted molar refractivity (Wildman–Crippen MR) is 88.0 cm³/mol. The number of amides is 1. The van der Waals surface area contributed by atoms with E-state index in [1.807, 2.05) is 6.92 Å². The van der Waals surface area contributed by atoms with Crippen molar-refractivity contribution in [1.82, 2.24) is 5.32 Å². The van der Waals surface area contributed by atoms with Crippen LogP contribution in [0.25, 0.3) is 0 Å². The Morgan fingerprint density at radius 3 is 2.28 bits per heavy atom. The van der Waals surface area contributed by atoms with Gasteiger partial charge in [-0.1, -0.05) is 0 Å². The summed E-state index contributed by atoms with van der Waals surface area (Å²) < 4.78 is 7.06. The molecular weight excluding hydrogens is 388 g/mol. The standard InChI is InChI=1S/C18H20N2O4.BrH/c1-2-24-16-5-3-14(4-6-16)17(22)13-20-10-7-15(8-11-20)18(23)19-9-12-21;/h3-8,10-11,21H,2,9,12-13H2,1H3;1H. The van der Waals surface area contributed by atoms with Gasteiger partial charge in [0, 0.05) is 24.2 Å². The summed E-state index contributed by atoms with van der Waals surface area (Å²) in [5.41, 5.74) is 1.09. The third kappa shape index (κ3) is 6.28. The minimum atomic E-state index is -0.256. The van der Waals surface area contributed by atoms with Crippen LogP contribution in [0.4, 0.5) is 0 Å². The van der Waals surface area contributed by atoms with Crippen molar-refractivity contribution in [2.75, 3.05) is 19.8 Å². The van der Waals surface area contributed by atoms with Crippen LogP contribution in [0.15, 0.2) is 48.8 Å². The molecule has 0 fully saturated rings. The van der Waals surface area contributed by atoms with Gasteiger partial charge in [-0.25, -0.2) is 0 Å². The van der Waals surface area contributed by atoms with E-state index >= 15 is 0 Å². The van der Waals surface area contributed by atoms with Crippen LogP contribution >= 0.6 is 0 Å². The van der Waals surface area contributed by atoms with Crippen molar-refractivity contribution in [3.8, 4) is 5.75 Å². The number of hydrogen-bond acceptors (Lipinski definition) is 4. The lowest BCUT2D eigenvalue weighted by Crippen LogP contribution is -3.00. The first-order chi connectivity index (χ1) is 11.6. The monoisotopic (exact) mass is 408 g/mol. The maximum atomic E-state index is 12.3. The number of aliphatic hydroxyl groups excluding tert-OH is 1. The SMILES string of the molecule is CCOc1ccc(C(=O)C[n+]2ccc(C(=O)NCCO)cc2)cc1.[Br-]. The Morgan fingerprint density at radius 1 is 1.08 bits per heavy atom. The van der Waals surface area contributed by atoms with Gasteiger partial charge in [0.1, 0.15) is 5.75 Å². The van der Waals surface area contributed by atoms with Gasteiger partial charge in [-0.2, -0.15) is 4.57 Å². The van der Waals surface area contributed by atoms with Gasteiger partial charge in [-0.05, 0) is 31.2 Å². The summed E-state index contributed by atoms with van der Waals surface area (Å²) in [6, 6.07) is 10.3. The van der Waals surface area contributed by atoms with Gasteiger partial charge in [0.05, 0.1) is 18.8 Å². The Hall–Kier alpha value is -2.25. The van der Waals surface area contributed by atoms with Crippen molar-refractivity contribution in [3.05, 3.63) is 59.9 Å². The zero-order valence-corrected chi connectivity index (χ0v) is 15.5. The quantitative estimate of drug-likeness (QED) is 0.390. The van der Waals surface area contributed by atoms with E-state index in [4.69, 9.17) is 9.84 Å². The Kier molecular flexibility index (Phi) is 8.80. The lowest BCUT2D eigenvalue weighted by molar-refractivity contribution is -0.683. The summed E-state index contributed by atoms with van der Waals surface area (Å²) in [6.07, 6.45) is 3.36. The molecule has 0 aliphatic rings. The lowest BCUT2D eigenvalue weighted by Gasteiger charge is -2.04. The van der Waals surface area contributed by atoms with Crippen molar-refractivity contribution in [2.45, 2.75) is 13.5 Å². The minimum Gasteiger partial charge on any atom is -1.00 e. The molecule has 1 heterocycles. The van der Waals surface area contributed by atoms with E-state index in [0.717, 1.165) is 5.75 Å². The molecule has 0 spiro atoms. The van der Waals surface area contributed by atoms with Crippen molar-refractivity contribution >= 4 is 11.7 Å². The number of halogens is 1. The summed E-state index contributed by atoms with van der Waals surface area (Å²) in [5.74, 6) is 0.453. The average Bonchev–Trinajstić information content (AvgIpc) is 2.61. The molecule has 6 nitrogen and oxygen atoms in total. The van der Waals surface area contributed by atoms with Gasteiger partial charge < -0.3 is 32.1 Å². The normalized spacial score (nSPS) is 9.84. The van der Waals surface area contributed by atoms with Gasteiger partial charge >= 0.3 is 0 Å². The Labute approximate surface area is 157 Å². The molecule has 1 aromatic heterocycles. The number of rotatable bonds is 8. The fourth-order valence-electron chi connectivity index (χ4n) is 2.15. The molecule has 0 unspecified atom stereocenters. The predicted octanol–water partition coefficient (Wildman–Crippen LogP) is -2.02. The summed E-state index contributed by atoms with van der Waals surface area (Å²) in [6.45, 7) is 2.79. The zero-order chi connectivity index (χ0) is 17.4. The van der Waals surface area contributed by atoms with Gasteiger partial charge in [-0.3, -0.25) is 9.59 Å². The van der Waals surface area contributed by atoms with E-state index in [2.05, 4.69) is 5.32 Å². The Balaban J connectivity index is 0.00000312. The van der Waals surface area contributed by atoms with Crippen LogP contribution in [-0.4, -0.2) is 36.6 Å². The van der Waals surface area contributed by atoms with Gasteiger partial charge in [0.25, 0.3) is 5.91 Å². The van der Waals surface area contributed by atoms with E-state index < -0.39 is 0 Å². The van der Waals surface area contributed by atoms with Crippen LogP contribution in [0.1, 0.15) is 27.6 Å². The van der Waals surface area contributed by atoms with Crippen LogP contribution in [0, 0.1) is 0 Å². The van der Waals surface area contributed by atoms with E-state index in [0.29, 0.717) is 17.7 Å². The van der Waals surface area contributed by atoms with Gasteiger partial charge in [0.15, 0.2) is 12.4 Å². The summed E-state index contributed by atoms with van der Waals surface area (Å²) in [4.78, 5) is 24.0. The van der Waals surface area contributed by atoms with Gasteiger partial charge in [-0.15, -0.1) is 0 Å². The number of aliphatic hydroxyl groups is 1. The highest BCUT2D eigenvalue weighted by atomic mass is 79.9. The molecule has 134 valence electrons. The average molecular weight is 409 g/mol. The van der Waals surface area contributed by atoms with Crippen LogP contribution in [0.2, 0.25) is 0 Å². The molecule has 2 aromatic rings. The number of pyridine rings is 1. The molecule has 0 saturated heterocycles. The second-order valence-electron chi connectivity index (χ2n) is 5.12. The maximum absolute atomic E-state index is 12.3. The third-order valence-electron chi connectivity index (χ3n) is 3.36. The zero-order valence-electron chi connectivity index (χ0n) is 13.9. The van der Waals surface area contributed by atoms with Crippen LogP contribution in [0.3, 0.4) is 0 Å². The molecule has 2 rings (SSSR count). The fraction of sp³-hybridized carbons (Fsp3) is 0.278. The summed E-state index contributed by atoms with van der Waals surface area (Å²) in [5, 5.41) is 11.3. The number of aromatic nitrogens is 1. The summed E-state index contributed by atoms with van der Waals surface area (Å²) in [7, 11) is 0. The Morgan fingerprint density at radius 2 is 1.72 bits per heavy atom. The lowest BCUT2D eigenvalue weighted by atomic mass is 10.1. The highest BCUT2D eigenvalue weighted by molar-refractivity contribution is 5.95. The van der Waals surface area contributed by atoms with Gasteiger partial charge in [0.2, 0.25) is 12.3 Å². The second kappa shape index (κ2) is 10.6. The summed E-state index contributed by atoms with van der Waals surface area (Å²) >= 11 is 0. The maximum Gasteiger partial charge on any atom is 0.251 e. The molecule has 0 bridgehead atoms. The number of carbonyl (C=O) groups excluding carboxylic acids is 2. The number of benzene rings is 1. The number of hydrogen-bond donors (Lipinski definition) is 2. The molecule has 0 atom stereocenters. The number of carbonyl (C=O) groups is 2. The highest BCUT2D eigenvalue weighted by Crippen LogP contribution is 2.12. The molecule has 0 aliphatic carbocycles. The van der Waals surface area contributed by atoms with E-state index in [1.165, 1.54) is 0 Å². The number of nitrogens with one attached hydrogen (secondary N) is 1. The van der Waals surface area contributed by atoms with Crippen molar-refractivity contribution in [1.29, 1.82) is 0 Å². The van der Waals surface area contributed by atoms with Crippen LogP contribution < -0.4 is 31.6 Å². The number of nitrogens with zero attached hydrogens (tertiary/aromatic N) is 1. The molecule has 0 radical (unpaired) electrons. The molecular formula is C18H21BrN2O4. The minimum absolute atomic E-state index is 0. The largest absolute Gasteiger partial charge is 1.00 e. The number of Topliss-reactive ketones (excluding diaryl/α,β-unsaturated/α-hetero) is 1. The molecule has 1 aromatic carbocycles. The third-order valence-corrected chi connectivity index (χ3v) is 3.36. The van der Waals surface area contributed by atoms with Crippen molar-refractivity contribution in [2.24, 2.45) is 0 Å². The molecule has 1 amide bonds. The topological polar surface area (TPSA) is 79.5 Å². The molecule has 25 heavy (non-hydrogen) atoms. The first kappa shape index (κ1) is 20.8. The molecule has 7 heteroatoms. The van der Waals surface area contributed by atoms with Crippen LogP contribution in [0.5, 0.6) is 5.75 Å². The van der Waals surface area contributed by atoms with Crippen molar-refractivity contribution in [3.63, 3.8) is 0 Å². The van der Waals surface area contributed by atoms with E-state index in [9.17, 15) is 9.59 Å². The molecule has 2 N–H and O–H groups in total. The second-order valence-corrected chi connectivity index (χ2v) is 5.12. The number of ether oxygens (including phenoxy) is 1. The van der Waals surface area contributed by atoms with Crippen LogP contribution in [-0.2, 0) is 6.54 Å². The smallest absolute Gasteiger partial charge is 0.251 e. The first-order valence-electron chi connectivity index (χ1n) is 7.78. The van der Waals surface area contributed by atoms with Crippen molar-refractivity contribution < 1.29 is 41.0 Å². The fourth-order valence-corrected chi connectivity index (χ4v) is 2.15. The molecule has 0 saturated carbocycles. The highest BCUT2D eigenvalue weighted by Gasteiger charge is 2.13. The van der Waals surface area contributed by atoms with E-state index in [1.54, 1.807) is 53.4 Å². The Bertz CT molecular complexity index is 687. The first-order valence-corrected chi connectivity index (χ1v) is 7.78. The molecule has 0 aliphatic heterocycles. The van der Waals surface area contributed by atoms with E-state index in [-0.39, 0.29) is 48.4 Å². The number of ketones is 1.